The number of alkyl halides is 1. The minimum atomic E-state index is 0.507. The van der Waals surface area contributed by atoms with Crippen LogP contribution in [0.25, 0.3) is 10.2 Å². The lowest BCUT2D eigenvalue weighted by Crippen LogP contribution is -1.94. The molecule has 1 aromatic carbocycles. The highest BCUT2D eigenvalue weighted by atomic mass is 79.9. The number of fused-ring (bicyclic) bond motifs is 1. The van der Waals surface area contributed by atoms with Crippen LogP contribution in [0.2, 0.25) is 0 Å². The van der Waals surface area contributed by atoms with E-state index < -0.39 is 0 Å². The molecule has 0 aliphatic carbocycles. The summed E-state index contributed by atoms with van der Waals surface area (Å²) >= 11 is 5.32. The molecule has 0 saturated heterocycles. The molecule has 2 rings (SSSR count). The highest BCUT2D eigenvalue weighted by Gasteiger charge is 2.05. The van der Waals surface area contributed by atoms with Crippen molar-refractivity contribution in [1.29, 1.82) is 0 Å². The molecule has 0 fully saturated rings. The number of benzene rings is 1. The molecule has 0 aliphatic heterocycles. The number of hydrogen-bond acceptors (Lipinski definition) is 2. The van der Waals surface area contributed by atoms with Crippen LogP contribution in [0.4, 0.5) is 0 Å². The average Bonchev–Trinajstić information content (AvgIpc) is 2.44. The highest BCUT2D eigenvalue weighted by molar-refractivity contribution is 9.09. The van der Waals surface area contributed by atoms with E-state index >= 15 is 0 Å². The van der Waals surface area contributed by atoms with Crippen LogP contribution < -0.4 is 0 Å². The van der Waals surface area contributed by atoms with Crippen molar-refractivity contribution >= 4 is 37.5 Å². The van der Waals surface area contributed by atoms with E-state index in [2.05, 4.69) is 46.0 Å². The van der Waals surface area contributed by atoms with Crippen molar-refractivity contribution in [3.8, 4) is 0 Å². The van der Waals surface area contributed by atoms with Crippen LogP contribution in [-0.4, -0.2) is 9.81 Å². The number of aromatic nitrogens is 1. The minimum Gasteiger partial charge on any atom is -0.241 e. The van der Waals surface area contributed by atoms with Crippen LogP contribution in [0.15, 0.2) is 24.3 Å². The number of halogens is 1. The lowest BCUT2D eigenvalue weighted by Gasteiger charge is -1.95. The van der Waals surface area contributed by atoms with Gasteiger partial charge in [-0.05, 0) is 12.1 Å². The molecule has 0 bridgehead atoms. The normalized spacial score (nSPS) is 13.4. The molecule has 1 heterocycles. The lowest BCUT2D eigenvalue weighted by molar-refractivity contribution is 0.949. The third-order valence-corrected chi connectivity index (χ3v) is 3.18. The maximum Gasteiger partial charge on any atom is 0.0949 e. The van der Waals surface area contributed by atoms with Gasteiger partial charge < -0.3 is 0 Å². The smallest absolute Gasteiger partial charge is 0.0949 e. The average molecular weight is 256 g/mol. The molecule has 3 heteroatoms. The molecule has 0 aliphatic rings. The number of para-hydroxylation sites is 1. The summed E-state index contributed by atoms with van der Waals surface area (Å²) in [7, 11) is 0. The summed E-state index contributed by atoms with van der Waals surface area (Å²) < 4.78 is 1.28. The third-order valence-electron chi connectivity index (χ3n) is 1.79. The molecule has 1 atom stereocenters. The lowest BCUT2D eigenvalue weighted by atomic mass is 10.3. The van der Waals surface area contributed by atoms with Crippen molar-refractivity contribution in [1.82, 2.24) is 4.98 Å². The van der Waals surface area contributed by atoms with Crippen molar-refractivity contribution < 1.29 is 0 Å². The molecular weight excluding hydrogens is 246 g/mol. The predicted molar refractivity (Wildman–Crippen MR) is 61.7 cm³/mol. The van der Waals surface area contributed by atoms with Crippen LogP contribution in [0.5, 0.6) is 0 Å². The first kappa shape index (κ1) is 9.16. The van der Waals surface area contributed by atoms with Gasteiger partial charge in [-0.3, -0.25) is 0 Å². The Morgan fingerprint density at radius 1 is 1.46 bits per heavy atom. The van der Waals surface area contributed by atoms with Crippen LogP contribution in [0.3, 0.4) is 0 Å². The summed E-state index contributed by atoms with van der Waals surface area (Å²) in [6.07, 6.45) is 1.01. The SMILES string of the molecule is CC(Br)Cc1nc2ccccc2s1. The standard InChI is InChI=1S/C10H10BrNS/c1-7(11)6-10-12-8-4-2-3-5-9(8)13-10/h2-5,7H,6H2,1H3. The van der Waals surface area contributed by atoms with Crippen LogP contribution in [0, 0.1) is 0 Å². The maximum atomic E-state index is 4.54. The van der Waals surface area contributed by atoms with Gasteiger partial charge >= 0.3 is 0 Å². The fourth-order valence-corrected chi connectivity index (χ4v) is 2.86. The quantitative estimate of drug-likeness (QED) is 0.748. The molecule has 1 unspecified atom stereocenters. The monoisotopic (exact) mass is 255 g/mol. The second-order valence-electron chi connectivity index (χ2n) is 3.06. The van der Waals surface area contributed by atoms with Crippen molar-refractivity contribution in [2.24, 2.45) is 0 Å². The Morgan fingerprint density at radius 2 is 2.23 bits per heavy atom. The van der Waals surface area contributed by atoms with Gasteiger partial charge in [0.05, 0.1) is 15.2 Å². The molecule has 68 valence electrons. The van der Waals surface area contributed by atoms with E-state index in [0.717, 1.165) is 11.9 Å². The van der Waals surface area contributed by atoms with Crippen LogP contribution in [0.1, 0.15) is 11.9 Å². The first-order valence-corrected chi connectivity index (χ1v) is 5.97. The Labute approximate surface area is 89.9 Å². The van der Waals surface area contributed by atoms with Gasteiger partial charge in [0.1, 0.15) is 0 Å². The number of rotatable bonds is 2. The number of nitrogens with zero attached hydrogens (tertiary/aromatic N) is 1. The van der Waals surface area contributed by atoms with Gasteiger partial charge in [0.25, 0.3) is 0 Å². The van der Waals surface area contributed by atoms with E-state index in [0.29, 0.717) is 4.83 Å². The topological polar surface area (TPSA) is 12.9 Å². The zero-order valence-electron chi connectivity index (χ0n) is 7.33. The van der Waals surface area contributed by atoms with Crippen LogP contribution >= 0.6 is 27.3 Å². The largest absolute Gasteiger partial charge is 0.241 e. The molecule has 0 N–H and O–H groups in total. The molecular formula is C10H10BrNS. The molecule has 0 radical (unpaired) electrons. The van der Waals surface area contributed by atoms with Crippen molar-refractivity contribution in [3.05, 3.63) is 29.3 Å². The van der Waals surface area contributed by atoms with Gasteiger partial charge in [0, 0.05) is 11.2 Å². The molecule has 0 saturated carbocycles. The second kappa shape index (κ2) is 3.76. The Kier molecular flexibility index (Phi) is 2.65. The molecule has 0 spiro atoms. The van der Waals surface area contributed by atoms with Gasteiger partial charge in [-0.2, -0.15) is 0 Å². The Balaban J connectivity index is 2.38. The Morgan fingerprint density at radius 3 is 2.92 bits per heavy atom. The molecule has 2 aromatic rings. The Hall–Kier alpha value is -0.410. The summed E-state index contributed by atoms with van der Waals surface area (Å²) in [4.78, 5) is 5.05. The summed E-state index contributed by atoms with van der Waals surface area (Å²) in [5, 5.41) is 1.21. The van der Waals surface area contributed by atoms with E-state index in [1.165, 1.54) is 9.71 Å². The van der Waals surface area contributed by atoms with Gasteiger partial charge in [-0.15, -0.1) is 11.3 Å². The molecule has 1 nitrogen and oxygen atoms in total. The number of thiazole rings is 1. The van der Waals surface area contributed by atoms with Crippen molar-refractivity contribution in [3.63, 3.8) is 0 Å². The first-order chi connectivity index (χ1) is 6.25. The van der Waals surface area contributed by atoms with E-state index in [-0.39, 0.29) is 0 Å². The van der Waals surface area contributed by atoms with E-state index in [1.807, 2.05) is 6.07 Å². The summed E-state index contributed by atoms with van der Waals surface area (Å²) in [6.45, 7) is 2.14. The van der Waals surface area contributed by atoms with Gasteiger partial charge in [0.2, 0.25) is 0 Å². The van der Waals surface area contributed by atoms with Crippen LogP contribution in [-0.2, 0) is 6.42 Å². The zero-order chi connectivity index (χ0) is 9.26. The molecule has 0 amide bonds. The minimum absolute atomic E-state index is 0.507. The summed E-state index contributed by atoms with van der Waals surface area (Å²) in [6, 6.07) is 8.27. The van der Waals surface area contributed by atoms with E-state index in [4.69, 9.17) is 0 Å². The summed E-state index contributed by atoms with van der Waals surface area (Å²) in [5.74, 6) is 0. The number of hydrogen-bond donors (Lipinski definition) is 0. The molecule has 13 heavy (non-hydrogen) atoms. The van der Waals surface area contributed by atoms with Crippen molar-refractivity contribution in [2.75, 3.05) is 0 Å². The van der Waals surface area contributed by atoms with Gasteiger partial charge in [-0.1, -0.05) is 35.0 Å². The van der Waals surface area contributed by atoms with Gasteiger partial charge in [0.15, 0.2) is 0 Å². The Bertz CT molecular complexity index is 375. The fraction of sp³-hybridized carbons (Fsp3) is 0.300. The predicted octanol–water partition coefficient (Wildman–Crippen LogP) is 3.62. The fourth-order valence-electron chi connectivity index (χ4n) is 1.25. The zero-order valence-corrected chi connectivity index (χ0v) is 9.73. The van der Waals surface area contributed by atoms with E-state index in [1.54, 1.807) is 11.3 Å². The van der Waals surface area contributed by atoms with E-state index in [9.17, 15) is 0 Å². The highest BCUT2D eigenvalue weighted by Crippen LogP contribution is 2.23. The first-order valence-electron chi connectivity index (χ1n) is 4.24. The third kappa shape index (κ3) is 2.09. The second-order valence-corrected chi connectivity index (χ2v) is 5.74. The molecule has 1 aromatic heterocycles. The summed E-state index contributed by atoms with van der Waals surface area (Å²) in [5.41, 5.74) is 1.12. The van der Waals surface area contributed by atoms with Crippen molar-refractivity contribution in [2.45, 2.75) is 18.2 Å². The maximum absolute atomic E-state index is 4.54. The van der Waals surface area contributed by atoms with Gasteiger partial charge in [-0.25, -0.2) is 4.98 Å².